The van der Waals surface area contributed by atoms with E-state index in [1.165, 1.54) is 38.5 Å². The molecule has 0 aromatic carbocycles. The Balaban J connectivity index is 4.05. The van der Waals surface area contributed by atoms with Gasteiger partial charge in [-0.3, -0.25) is 18.6 Å². The van der Waals surface area contributed by atoms with Crippen molar-refractivity contribution < 1.29 is 37.6 Å². The summed E-state index contributed by atoms with van der Waals surface area (Å²) >= 11 is 0. The number of allylic oxidation sites excluding steroid dienone is 20. The molecule has 0 aromatic heterocycles. The number of hydrogen-bond acceptors (Lipinski definition) is 8. The van der Waals surface area contributed by atoms with Gasteiger partial charge in [-0.1, -0.05) is 206 Å². The van der Waals surface area contributed by atoms with Crippen LogP contribution in [0.15, 0.2) is 122 Å². The van der Waals surface area contributed by atoms with E-state index in [2.05, 4.69) is 135 Å². The zero-order valence-corrected chi connectivity index (χ0v) is 43.7. The van der Waals surface area contributed by atoms with Crippen LogP contribution in [0.3, 0.4) is 0 Å². The molecule has 0 bridgehead atoms. The first-order chi connectivity index (χ1) is 33.3. The Morgan fingerprint density at radius 1 is 0.456 bits per heavy atom. The summed E-state index contributed by atoms with van der Waals surface area (Å²) in [4.78, 5) is 35.0. The summed E-state index contributed by atoms with van der Waals surface area (Å²) in [6.45, 7) is 3.54. The van der Waals surface area contributed by atoms with Crippen molar-refractivity contribution in [2.24, 2.45) is 5.73 Å². The van der Waals surface area contributed by atoms with E-state index in [1.807, 2.05) is 0 Å². The molecule has 0 spiro atoms. The van der Waals surface area contributed by atoms with Crippen molar-refractivity contribution in [3.05, 3.63) is 122 Å². The number of carbonyl (C=O) groups is 2. The van der Waals surface area contributed by atoms with Crippen molar-refractivity contribution in [1.29, 1.82) is 0 Å². The minimum Gasteiger partial charge on any atom is -0.462 e. The third-order valence-corrected chi connectivity index (χ3v) is 11.6. The number of unbranched alkanes of at least 4 members (excludes halogenated alkanes) is 15. The number of rotatable bonds is 48. The summed E-state index contributed by atoms with van der Waals surface area (Å²) in [5.41, 5.74) is 5.36. The summed E-state index contributed by atoms with van der Waals surface area (Å²) in [6, 6.07) is 0. The molecule has 0 amide bonds. The van der Waals surface area contributed by atoms with Crippen LogP contribution in [0.25, 0.3) is 0 Å². The average Bonchev–Trinajstić information content (AvgIpc) is 3.33. The lowest BCUT2D eigenvalue weighted by Gasteiger charge is -2.19. The molecule has 0 heterocycles. The molecular weight excluding hydrogens is 870 g/mol. The molecule has 0 fully saturated rings. The molecule has 386 valence electrons. The lowest BCUT2D eigenvalue weighted by Crippen LogP contribution is -2.29. The van der Waals surface area contributed by atoms with Gasteiger partial charge < -0.3 is 20.1 Å². The maximum Gasteiger partial charge on any atom is 0.472 e. The van der Waals surface area contributed by atoms with Crippen molar-refractivity contribution in [1.82, 2.24) is 0 Å². The minimum absolute atomic E-state index is 0.0436. The summed E-state index contributed by atoms with van der Waals surface area (Å²) in [5.74, 6) is -0.863. The molecule has 0 saturated carbocycles. The normalized spacial score (nSPS) is 14.1. The molecule has 3 N–H and O–H groups in total. The van der Waals surface area contributed by atoms with Gasteiger partial charge in [0.1, 0.15) is 6.61 Å². The molecule has 2 unspecified atom stereocenters. The van der Waals surface area contributed by atoms with Gasteiger partial charge in [0.25, 0.3) is 0 Å². The van der Waals surface area contributed by atoms with E-state index in [-0.39, 0.29) is 32.6 Å². The Kier molecular flexibility index (Phi) is 50.0. The first-order valence-electron chi connectivity index (χ1n) is 26.5. The van der Waals surface area contributed by atoms with Gasteiger partial charge in [-0.15, -0.1) is 0 Å². The molecule has 68 heavy (non-hydrogen) atoms. The second-order valence-electron chi connectivity index (χ2n) is 17.0. The predicted octanol–water partition coefficient (Wildman–Crippen LogP) is 16.4. The van der Waals surface area contributed by atoms with Gasteiger partial charge in [0.2, 0.25) is 0 Å². The zero-order valence-electron chi connectivity index (χ0n) is 42.8. The van der Waals surface area contributed by atoms with Crippen LogP contribution in [0.2, 0.25) is 0 Å². The third kappa shape index (κ3) is 51.8. The molecular formula is C58H96NO8P. The SMILES string of the molecule is CC/C=C\C/C=C\C/C=C\C/C=C\C/C=C\C/C=C\C/C=C\C/C=C\CCCCCCCCCCC(=O)OC(COC(=O)CCCCCCC/C=C\C/C=C\CCCC)COP(=O)(O)OCCN. The van der Waals surface area contributed by atoms with Gasteiger partial charge in [-0.25, -0.2) is 4.57 Å². The Hall–Kier alpha value is -3.59. The van der Waals surface area contributed by atoms with E-state index < -0.39 is 32.5 Å². The quantitative estimate of drug-likeness (QED) is 0.0264. The van der Waals surface area contributed by atoms with E-state index in [0.717, 1.165) is 122 Å². The lowest BCUT2D eigenvalue weighted by molar-refractivity contribution is -0.161. The van der Waals surface area contributed by atoms with Crippen LogP contribution >= 0.6 is 7.82 Å². The largest absolute Gasteiger partial charge is 0.472 e. The van der Waals surface area contributed by atoms with Crippen molar-refractivity contribution in [3.63, 3.8) is 0 Å². The fraction of sp³-hybridized carbons (Fsp3) is 0.621. The molecule has 2 atom stereocenters. The molecule has 0 rings (SSSR count). The van der Waals surface area contributed by atoms with E-state index in [0.29, 0.717) is 12.8 Å². The molecule has 0 radical (unpaired) electrons. The van der Waals surface area contributed by atoms with E-state index >= 15 is 0 Å². The number of esters is 2. The number of hydrogen-bond donors (Lipinski definition) is 2. The predicted molar refractivity (Wildman–Crippen MR) is 288 cm³/mol. The number of ether oxygens (including phenoxy) is 2. The monoisotopic (exact) mass is 966 g/mol. The Labute approximate surface area is 415 Å². The number of carbonyl (C=O) groups excluding carboxylic acids is 2. The van der Waals surface area contributed by atoms with Gasteiger partial charge in [0.05, 0.1) is 13.2 Å². The van der Waals surface area contributed by atoms with Crippen molar-refractivity contribution in [2.75, 3.05) is 26.4 Å². The number of phosphoric acid groups is 1. The average molecular weight is 966 g/mol. The van der Waals surface area contributed by atoms with Gasteiger partial charge in [-0.05, 0) is 103 Å². The van der Waals surface area contributed by atoms with Crippen molar-refractivity contribution in [2.45, 2.75) is 206 Å². The maximum atomic E-state index is 12.7. The zero-order chi connectivity index (χ0) is 49.5. The van der Waals surface area contributed by atoms with Crippen LogP contribution in [0, 0.1) is 0 Å². The topological polar surface area (TPSA) is 134 Å². The Morgan fingerprint density at radius 3 is 1.21 bits per heavy atom. The fourth-order valence-electron chi connectivity index (χ4n) is 6.67. The van der Waals surface area contributed by atoms with Crippen LogP contribution < -0.4 is 5.73 Å². The summed E-state index contributed by atoms with van der Waals surface area (Å²) in [7, 11) is -4.40. The minimum atomic E-state index is -4.40. The van der Waals surface area contributed by atoms with Crippen LogP contribution in [0.1, 0.15) is 200 Å². The molecule has 0 saturated heterocycles. The Bertz CT molecular complexity index is 1520. The van der Waals surface area contributed by atoms with E-state index in [1.54, 1.807) is 0 Å². The summed E-state index contributed by atoms with van der Waals surface area (Å²) < 4.78 is 32.9. The lowest BCUT2D eigenvalue weighted by atomic mass is 10.1. The third-order valence-electron chi connectivity index (χ3n) is 10.6. The second kappa shape index (κ2) is 52.8. The van der Waals surface area contributed by atoms with Gasteiger partial charge >= 0.3 is 19.8 Å². The van der Waals surface area contributed by atoms with Crippen LogP contribution in [0.4, 0.5) is 0 Å². The summed E-state index contributed by atoms with van der Waals surface area (Å²) in [5, 5.41) is 0. The fourth-order valence-corrected chi connectivity index (χ4v) is 7.43. The standard InChI is InChI=1S/C58H96NO8P/c1-3-5-7-9-11-13-15-17-19-20-21-22-23-24-25-26-27-28-29-30-31-32-33-34-35-36-37-39-41-43-45-47-49-51-58(61)67-56(55-66-68(62,63)65-53-52-59)54-64-57(60)50-48-46-44-42-40-38-18-16-14-12-10-8-6-4-2/h5,7,10-13,16-19,21-22,24-25,27-28,30-31,33-34,56H,3-4,6,8-9,14-15,20,23,26,29,32,35-55,59H2,1-2H3,(H,62,63)/b7-5-,12-10-,13-11-,18-16-,19-17-,22-21-,25-24-,28-27-,31-30-,34-33-. The van der Waals surface area contributed by atoms with Gasteiger partial charge in [-0.2, -0.15) is 0 Å². The molecule has 0 aliphatic carbocycles. The highest BCUT2D eigenvalue weighted by Gasteiger charge is 2.26. The first-order valence-corrected chi connectivity index (χ1v) is 28.0. The highest BCUT2D eigenvalue weighted by Crippen LogP contribution is 2.43. The first kappa shape index (κ1) is 64.4. The highest BCUT2D eigenvalue weighted by molar-refractivity contribution is 7.47. The van der Waals surface area contributed by atoms with Crippen LogP contribution in [-0.2, 0) is 32.7 Å². The van der Waals surface area contributed by atoms with E-state index in [4.69, 9.17) is 24.3 Å². The molecule has 9 nitrogen and oxygen atoms in total. The van der Waals surface area contributed by atoms with Crippen LogP contribution in [-0.4, -0.2) is 49.3 Å². The highest BCUT2D eigenvalue weighted by atomic mass is 31.2. The Morgan fingerprint density at radius 2 is 0.809 bits per heavy atom. The molecule has 0 aliphatic heterocycles. The number of nitrogens with two attached hydrogens (primary N) is 1. The molecule has 10 heteroatoms. The number of phosphoric ester groups is 1. The van der Waals surface area contributed by atoms with Crippen molar-refractivity contribution in [3.8, 4) is 0 Å². The van der Waals surface area contributed by atoms with E-state index in [9.17, 15) is 19.0 Å². The summed E-state index contributed by atoms with van der Waals surface area (Å²) in [6.07, 6.45) is 72.4. The maximum absolute atomic E-state index is 12.7. The molecule has 0 aliphatic rings. The van der Waals surface area contributed by atoms with Crippen LogP contribution in [0.5, 0.6) is 0 Å². The smallest absolute Gasteiger partial charge is 0.462 e. The molecule has 0 aromatic rings. The van der Waals surface area contributed by atoms with Gasteiger partial charge in [0.15, 0.2) is 6.10 Å². The van der Waals surface area contributed by atoms with Crippen molar-refractivity contribution >= 4 is 19.8 Å². The van der Waals surface area contributed by atoms with Gasteiger partial charge in [0, 0.05) is 19.4 Å². The second-order valence-corrected chi connectivity index (χ2v) is 18.5.